The van der Waals surface area contributed by atoms with Crippen molar-refractivity contribution in [3.63, 3.8) is 0 Å². The first-order valence-electron chi connectivity index (χ1n) is 9.64. The Kier molecular flexibility index (Phi) is 4.24. The lowest BCUT2D eigenvalue weighted by Gasteiger charge is -2.40. The lowest BCUT2D eigenvalue weighted by molar-refractivity contribution is -0.153. The molecular weight excluding hydrogens is 384 g/mol. The van der Waals surface area contributed by atoms with Gasteiger partial charge in [0.25, 0.3) is 0 Å². The highest BCUT2D eigenvalue weighted by atomic mass is 16.7. The van der Waals surface area contributed by atoms with Gasteiger partial charge in [-0.05, 0) is 35.4 Å². The third-order valence-electron chi connectivity index (χ3n) is 5.75. The number of fused-ring (bicyclic) bond motifs is 4. The van der Waals surface area contributed by atoms with Crippen LogP contribution >= 0.6 is 0 Å². The Labute approximate surface area is 172 Å². The van der Waals surface area contributed by atoms with Gasteiger partial charge >= 0.3 is 5.97 Å². The van der Waals surface area contributed by atoms with Crippen LogP contribution in [0, 0.1) is 0 Å². The summed E-state index contributed by atoms with van der Waals surface area (Å²) >= 11 is 0. The lowest BCUT2D eigenvalue weighted by atomic mass is 9.87. The number of aromatic amines is 1. The fourth-order valence-electron chi connectivity index (χ4n) is 4.41. The number of benzene rings is 2. The van der Waals surface area contributed by atoms with Gasteiger partial charge < -0.3 is 24.1 Å². The molecule has 2 aliphatic heterocycles. The molecule has 2 atom stereocenters. The maximum absolute atomic E-state index is 13.0. The Balaban J connectivity index is 1.76. The molecule has 0 spiro atoms. The number of aromatic nitrogens is 1. The second-order valence-electron chi connectivity index (χ2n) is 7.27. The van der Waals surface area contributed by atoms with E-state index in [2.05, 4.69) is 11.6 Å². The van der Waals surface area contributed by atoms with Gasteiger partial charge in [-0.15, -0.1) is 0 Å². The quantitative estimate of drug-likeness (QED) is 0.536. The summed E-state index contributed by atoms with van der Waals surface area (Å²) in [6, 6.07) is 12.1. The summed E-state index contributed by atoms with van der Waals surface area (Å²) in [5.74, 6) is 0.443. The number of carbonyl (C=O) groups is 2. The van der Waals surface area contributed by atoms with Crippen molar-refractivity contribution in [1.82, 2.24) is 9.88 Å². The number of methoxy groups -OCH3 is 1. The predicted molar refractivity (Wildman–Crippen MR) is 109 cm³/mol. The Bertz CT molecular complexity index is 1180. The molecule has 152 valence electrons. The first kappa shape index (κ1) is 18.3. The molecule has 0 fully saturated rings. The van der Waals surface area contributed by atoms with Crippen molar-refractivity contribution in [3.8, 4) is 11.5 Å². The highest BCUT2D eigenvalue weighted by molar-refractivity contribution is 5.94. The predicted octanol–water partition coefficient (Wildman–Crippen LogP) is 3.10. The van der Waals surface area contributed by atoms with Crippen LogP contribution in [0.3, 0.4) is 0 Å². The number of para-hydroxylation sites is 1. The van der Waals surface area contributed by atoms with E-state index in [1.807, 2.05) is 42.5 Å². The van der Waals surface area contributed by atoms with Gasteiger partial charge in [-0.3, -0.25) is 4.79 Å². The van der Waals surface area contributed by atoms with E-state index in [1.54, 1.807) is 0 Å². The van der Waals surface area contributed by atoms with E-state index < -0.39 is 18.1 Å². The van der Waals surface area contributed by atoms with Crippen LogP contribution < -0.4 is 9.47 Å². The molecular formula is C23H20N2O5. The fraction of sp³-hybridized carbons (Fsp3) is 0.217. The Morgan fingerprint density at radius 1 is 1.20 bits per heavy atom. The molecule has 2 aliphatic rings. The van der Waals surface area contributed by atoms with Crippen LogP contribution in [0.5, 0.6) is 11.5 Å². The molecule has 3 heterocycles. The first-order chi connectivity index (χ1) is 14.6. The molecule has 0 radical (unpaired) electrons. The van der Waals surface area contributed by atoms with Crippen LogP contribution in [-0.2, 0) is 20.7 Å². The van der Waals surface area contributed by atoms with Gasteiger partial charge in [0.15, 0.2) is 11.5 Å². The number of hydrogen-bond acceptors (Lipinski definition) is 5. The highest BCUT2D eigenvalue weighted by Gasteiger charge is 2.43. The number of hydrogen-bond donors (Lipinski definition) is 1. The van der Waals surface area contributed by atoms with Crippen LogP contribution in [0.1, 0.15) is 22.9 Å². The van der Waals surface area contributed by atoms with Crippen molar-refractivity contribution in [2.45, 2.75) is 18.5 Å². The Morgan fingerprint density at radius 3 is 2.80 bits per heavy atom. The first-order valence-corrected chi connectivity index (χ1v) is 9.64. The van der Waals surface area contributed by atoms with Crippen molar-refractivity contribution in [2.24, 2.45) is 0 Å². The largest absolute Gasteiger partial charge is 0.467 e. The fourth-order valence-corrected chi connectivity index (χ4v) is 4.41. The molecule has 30 heavy (non-hydrogen) atoms. The molecule has 0 unspecified atom stereocenters. The van der Waals surface area contributed by atoms with Gasteiger partial charge in [0.1, 0.15) is 6.04 Å². The molecule has 2 aromatic carbocycles. The maximum Gasteiger partial charge on any atom is 0.328 e. The van der Waals surface area contributed by atoms with Crippen molar-refractivity contribution in [1.29, 1.82) is 0 Å². The summed E-state index contributed by atoms with van der Waals surface area (Å²) in [5, 5.41) is 1.03. The highest BCUT2D eigenvalue weighted by Crippen LogP contribution is 2.44. The summed E-state index contributed by atoms with van der Waals surface area (Å²) in [6.07, 6.45) is 1.58. The number of nitrogens with one attached hydrogen (secondary N) is 1. The Hall–Kier alpha value is -3.74. The van der Waals surface area contributed by atoms with Crippen LogP contribution in [0.15, 0.2) is 55.1 Å². The zero-order valence-electron chi connectivity index (χ0n) is 16.4. The van der Waals surface area contributed by atoms with E-state index in [-0.39, 0.29) is 12.7 Å². The molecule has 7 nitrogen and oxygen atoms in total. The van der Waals surface area contributed by atoms with E-state index in [0.717, 1.165) is 27.7 Å². The van der Waals surface area contributed by atoms with Gasteiger partial charge in [-0.1, -0.05) is 30.8 Å². The summed E-state index contributed by atoms with van der Waals surface area (Å²) in [7, 11) is 1.33. The topological polar surface area (TPSA) is 80.9 Å². The second kappa shape index (κ2) is 6.95. The molecule has 5 rings (SSSR count). The SMILES string of the molecule is C=CC(=O)N1[C@@H](c2ccc3c(c2)OCO3)c2[nH]c3ccccc3c2C[C@@H]1C(=O)OC. The van der Waals surface area contributed by atoms with Gasteiger partial charge in [0.2, 0.25) is 12.7 Å². The van der Waals surface area contributed by atoms with E-state index in [0.29, 0.717) is 17.9 Å². The zero-order chi connectivity index (χ0) is 20.8. The number of esters is 1. The number of rotatable bonds is 3. The van der Waals surface area contributed by atoms with Crippen LogP contribution in [0.2, 0.25) is 0 Å². The number of carbonyl (C=O) groups excluding carboxylic acids is 2. The van der Waals surface area contributed by atoms with Gasteiger partial charge in [0.05, 0.1) is 13.2 Å². The summed E-state index contributed by atoms with van der Waals surface area (Å²) < 4.78 is 16.0. The third kappa shape index (κ3) is 2.66. The molecule has 3 aromatic rings. The molecule has 0 aliphatic carbocycles. The molecule has 0 saturated carbocycles. The second-order valence-corrected chi connectivity index (χ2v) is 7.27. The summed E-state index contributed by atoms with van der Waals surface area (Å²) in [4.78, 5) is 30.7. The van der Waals surface area contributed by atoms with Crippen molar-refractivity contribution in [2.75, 3.05) is 13.9 Å². The van der Waals surface area contributed by atoms with Gasteiger partial charge in [-0.2, -0.15) is 0 Å². The number of H-pyrrole nitrogens is 1. The minimum atomic E-state index is -0.775. The summed E-state index contributed by atoms with van der Waals surface area (Å²) in [5.41, 5.74) is 3.61. The zero-order valence-corrected chi connectivity index (χ0v) is 16.4. The van der Waals surface area contributed by atoms with Crippen LogP contribution in [-0.4, -0.2) is 41.7 Å². The molecule has 7 heteroatoms. The van der Waals surface area contributed by atoms with E-state index in [1.165, 1.54) is 18.1 Å². The number of nitrogens with zero attached hydrogens (tertiary/aromatic N) is 1. The maximum atomic E-state index is 13.0. The van der Waals surface area contributed by atoms with E-state index in [9.17, 15) is 9.59 Å². The van der Waals surface area contributed by atoms with Crippen LogP contribution in [0.4, 0.5) is 0 Å². The minimum Gasteiger partial charge on any atom is -0.467 e. The standard InChI is InChI=1S/C23H20N2O5/c1-3-20(26)25-17(23(27)28-2)11-15-14-6-4-5-7-16(14)24-21(15)22(25)13-8-9-18-19(10-13)30-12-29-18/h3-10,17,22,24H,1,11-12H2,2H3/t17-,22+/m1/s1. The minimum absolute atomic E-state index is 0.154. The molecule has 0 bridgehead atoms. The third-order valence-corrected chi connectivity index (χ3v) is 5.75. The van der Waals surface area contributed by atoms with Crippen molar-refractivity contribution in [3.05, 3.63) is 71.9 Å². The number of ether oxygens (including phenoxy) is 3. The summed E-state index contributed by atoms with van der Waals surface area (Å²) in [6.45, 7) is 3.80. The normalized spacial score (nSPS) is 19.4. The molecule has 0 saturated heterocycles. The van der Waals surface area contributed by atoms with Crippen LogP contribution in [0.25, 0.3) is 10.9 Å². The molecule has 1 amide bonds. The van der Waals surface area contributed by atoms with Crippen molar-refractivity contribution < 1.29 is 23.8 Å². The van der Waals surface area contributed by atoms with E-state index >= 15 is 0 Å². The van der Waals surface area contributed by atoms with Gasteiger partial charge in [-0.25, -0.2) is 4.79 Å². The molecule has 1 aromatic heterocycles. The average molecular weight is 404 g/mol. The monoisotopic (exact) mass is 404 g/mol. The van der Waals surface area contributed by atoms with Gasteiger partial charge in [0, 0.05) is 23.0 Å². The Morgan fingerprint density at radius 2 is 2.00 bits per heavy atom. The smallest absolute Gasteiger partial charge is 0.328 e. The lowest BCUT2D eigenvalue weighted by Crippen LogP contribution is -2.51. The van der Waals surface area contributed by atoms with E-state index in [4.69, 9.17) is 14.2 Å². The number of amides is 1. The molecule has 1 N–H and O–H groups in total. The van der Waals surface area contributed by atoms with Crippen molar-refractivity contribution >= 4 is 22.8 Å². The average Bonchev–Trinajstić information content (AvgIpc) is 3.40.